The average Bonchev–Trinajstić information content (AvgIpc) is 3.35. The van der Waals surface area contributed by atoms with Gasteiger partial charge in [0.05, 0.1) is 41.2 Å². The maximum Gasteiger partial charge on any atom is 0.150 e. The molecule has 0 unspecified atom stereocenters. The number of hydrogen-bond acceptors (Lipinski definition) is 4. The van der Waals surface area contributed by atoms with Crippen LogP contribution in [-0.4, -0.2) is 31.1 Å². The first-order chi connectivity index (χ1) is 13.1. The van der Waals surface area contributed by atoms with Crippen LogP contribution >= 0.6 is 11.6 Å². The molecule has 2 aromatic heterocycles. The van der Waals surface area contributed by atoms with E-state index in [4.69, 9.17) is 21.4 Å². The molecule has 0 radical (unpaired) electrons. The lowest BCUT2D eigenvalue weighted by Crippen LogP contribution is -2.16. The van der Waals surface area contributed by atoms with Gasteiger partial charge in [-0.25, -0.2) is 4.98 Å². The molecule has 1 atom stereocenters. The van der Waals surface area contributed by atoms with Gasteiger partial charge in [-0.1, -0.05) is 54.0 Å². The van der Waals surface area contributed by atoms with Crippen molar-refractivity contribution < 1.29 is 4.84 Å². The average molecular weight is 384 g/mol. The number of aryl methyl sites for hydroxylation is 2. The van der Waals surface area contributed by atoms with Gasteiger partial charge >= 0.3 is 0 Å². The predicted octanol–water partition coefficient (Wildman–Crippen LogP) is 4.47. The first kappa shape index (κ1) is 17.8. The van der Waals surface area contributed by atoms with Crippen LogP contribution in [0.3, 0.4) is 0 Å². The van der Waals surface area contributed by atoms with E-state index in [1.54, 1.807) is 4.68 Å². The summed E-state index contributed by atoms with van der Waals surface area (Å²) in [4.78, 5) is 10.3. The van der Waals surface area contributed by atoms with Crippen LogP contribution in [0.1, 0.15) is 25.5 Å². The van der Waals surface area contributed by atoms with Gasteiger partial charge in [0.2, 0.25) is 0 Å². The lowest BCUT2D eigenvalue weighted by molar-refractivity contribution is 0.0728. The highest BCUT2D eigenvalue weighted by molar-refractivity contribution is 6.32. The summed E-state index contributed by atoms with van der Waals surface area (Å²) in [6.07, 6.45) is 3.62. The Balaban J connectivity index is 1.79. The number of nitrogens with zero attached hydrogens (tertiary/aromatic N) is 5. The van der Waals surface area contributed by atoms with Crippen LogP contribution < -0.4 is 0 Å². The zero-order valence-electron chi connectivity index (χ0n) is 15.7. The van der Waals surface area contributed by atoms with E-state index in [-0.39, 0.29) is 6.10 Å². The van der Waals surface area contributed by atoms with Crippen molar-refractivity contribution in [1.82, 2.24) is 19.3 Å². The first-order valence-corrected chi connectivity index (χ1v) is 9.47. The minimum absolute atomic E-state index is 0.00674. The van der Waals surface area contributed by atoms with Gasteiger partial charge < -0.3 is 9.40 Å². The molecule has 4 rings (SSSR count). The van der Waals surface area contributed by atoms with E-state index in [0.29, 0.717) is 11.7 Å². The number of hydrogen-bond donors (Lipinski definition) is 0. The van der Waals surface area contributed by atoms with Gasteiger partial charge in [0.15, 0.2) is 6.10 Å². The van der Waals surface area contributed by atoms with Crippen molar-refractivity contribution in [3.8, 4) is 22.5 Å². The Labute approximate surface area is 163 Å². The van der Waals surface area contributed by atoms with Crippen molar-refractivity contribution in [2.24, 2.45) is 12.2 Å². The third-order valence-corrected chi connectivity index (χ3v) is 5.31. The third-order valence-electron chi connectivity index (χ3n) is 4.88. The van der Waals surface area contributed by atoms with Crippen molar-refractivity contribution >= 4 is 17.3 Å². The fourth-order valence-electron chi connectivity index (χ4n) is 3.50. The van der Waals surface area contributed by atoms with E-state index < -0.39 is 0 Å². The van der Waals surface area contributed by atoms with Crippen LogP contribution in [0.25, 0.3) is 22.5 Å². The molecule has 27 heavy (non-hydrogen) atoms. The van der Waals surface area contributed by atoms with Gasteiger partial charge in [0.25, 0.3) is 0 Å². The number of imidazole rings is 1. The molecule has 0 aliphatic carbocycles. The number of aromatic nitrogens is 4. The monoisotopic (exact) mass is 383 g/mol. The van der Waals surface area contributed by atoms with Crippen molar-refractivity contribution in [2.75, 3.05) is 0 Å². The Morgan fingerprint density at radius 2 is 2.04 bits per heavy atom. The Bertz CT molecular complexity index is 989. The quantitative estimate of drug-likeness (QED) is 0.653. The van der Waals surface area contributed by atoms with E-state index in [0.717, 1.165) is 46.8 Å². The molecular formula is C20H22ClN5O. The van der Waals surface area contributed by atoms with Crippen LogP contribution in [-0.2, 0) is 18.4 Å². The second-order valence-electron chi connectivity index (χ2n) is 6.78. The maximum atomic E-state index is 6.60. The second kappa shape index (κ2) is 7.19. The first-order valence-electron chi connectivity index (χ1n) is 9.10. The molecule has 3 heterocycles. The van der Waals surface area contributed by atoms with Gasteiger partial charge in [-0.05, 0) is 13.3 Å². The Hall–Kier alpha value is -2.60. The van der Waals surface area contributed by atoms with Crippen LogP contribution in [0.15, 0.2) is 41.8 Å². The number of rotatable bonds is 5. The number of halogens is 1. The van der Waals surface area contributed by atoms with Crippen LogP contribution in [0, 0.1) is 6.92 Å². The van der Waals surface area contributed by atoms with Gasteiger partial charge in [-0.15, -0.1) is 0 Å². The highest BCUT2D eigenvalue weighted by atomic mass is 35.5. The summed E-state index contributed by atoms with van der Waals surface area (Å²) in [6, 6.07) is 10.1. The molecule has 140 valence electrons. The minimum Gasteiger partial charge on any atom is -0.390 e. The Morgan fingerprint density at radius 3 is 2.67 bits per heavy atom. The third kappa shape index (κ3) is 3.25. The van der Waals surface area contributed by atoms with Crippen LogP contribution in [0.4, 0.5) is 0 Å². The van der Waals surface area contributed by atoms with Crippen LogP contribution in [0.2, 0.25) is 5.15 Å². The molecule has 3 aromatic rings. The Kier molecular flexibility index (Phi) is 4.74. The van der Waals surface area contributed by atoms with E-state index in [1.165, 1.54) is 0 Å². The molecule has 0 fully saturated rings. The summed E-state index contributed by atoms with van der Waals surface area (Å²) >= 11 is 6.60. The molecule has 1 aromatic carbocycles. The number of oxime groups is 1. The maximum absolute atomic E-state index is 6.60. The lowest BCUT2D eigenvalue weighted by atomic mass is 10.0. The fraction of sp³-hybridized carbons (Fsp3) is 0.350. The van der Waals surface area contributed by atoms with Gasteiger partial charge in [-0.2, -0.15) is 5.10 Å². The molecular weight excluding hydrogens is 362 g/mol. The van der Waals surface area contributed by atoms with E-state index in [9.17, 15) is 0 Å². The summed E-state index contributed by atoms with van der Waals surface area (Å²) in [6.45, 7) is 4.73. The standard InChI is InChI=1S/C20H22ClN5O/c1-4-15-10-16(27-24-15)11-26-12-22-18(14-8-6-5-7-9-14)19(26)17-13(2)23-25(3)20(17)21/h5-9,12,16H,4,10-11H2,1-3H3/t16-/m0/s1. The summed E-state index contributed by atoms with van der Waals surface area (Å²) in [5.41, 5.74) is 5.78. The van der Waals surface area contributed by atoms with E-state index in [1.807, 2.05) is 38.5 Å². The van der Waals surface area contributed by atoms with E-state index >= 15 is 0 Å². The molecule has 0 N–H and O–H groups in total. The van der Waals surface area contributed by atoms with Crippen molar-refractivity contribution in [3.63, 3.8) is 0 Å². The van der Waals surface area contributed by atoms with E-state index in [2.05, 4.69) is 33.9 Å². The van der Waals surface area contributed by atoms with Gasteiger partial charge in [0, 0.05) is 19.0 Å². The lowest BCUT2D eigenvalue weighted by Gasteiger charge is -2.14. The summed E-state index contributed by atoms with van der Waals surface area (Å²) < 4.78 is 3.81. The highest BCUT2D eigenvalue weighted by Crippen LogP contribution is 2.37. The fourth-order valence-corrected chi connectivity index (χ4v) is 3.77. The normalized spacial score (nSPS) is 16.4. The zero-order valence-corrected chi connectivity index (χ0v) is 16.4. The minimum atomic E-state index is 0.00674. The molecule has 1 aliphatic heterocycles. The molecule has 0 saturated heterocycles. The second-order valence-corrected chi connectivity index (χ2v) is 7.14. The summed E-state index contributed by atoms with van der Waals surface area (Å²) in [7, 11) is 1.85. The molecule has 1 aliphatic rings. The van der Waals surface area contributed by atoms with Gasteiger partial charge in [-0.3, -0.25) is 4.68 Å². The predicted molar refractivity (Wildman–Crippen MR) is 107 cm³/mol. The van der Waals surface area contributed by atoms with Gasteiger partial charge in [0.1, 0.15) is 5.15 Å². The molecule has 0 saturated carbocycles. The SMILES string of the molecule is CCC1=NO[C@H](Cn2cnc(-c3ccccc3)c2-c2c(C)nn(C)c2Cl)C1. The van der Waals surface area contributed by atoms with Crippen molar-refractivity contribution in [2.45, 2.75) is 39.3 Å². The summed E-state index contributed by atoms with van der Waals surface area (Å²) in [5, 5.41) is 9.27. The van der Waals surface area contributed by atoms with Crippen molar-refractivity contribution in [3.05, 3.63) is 47.5 Å². The molecule has 0 spiro atoms. The Morgan fingerprint density at radius 1 is 1.26 bits per heavy atom. The van der Waals surface area contributed by atoms with Crippen molar-refractivity contribution in [1.29, 1.82) is 0 Å². The molecule has 6 nitrogen and oxygen atoms in total. The zero-order chi connectivity index (χ0) is 19.0. The molecule has 7 heteroatoms. The van der Waals surface area contributed by atoms with Crippen LogP contribution in [0.5, 0.6) is 0 Å². The highest BCUT2D eigenvalue weighted by Gasteiger charge is 2.26. The topological polar surface area (TPSA) is 57.2 Å². The molecule has 0 amide bonds. The largest absolute Gasteiger partial charge is 0.390 e. The number of benzene rings is 1. The summed E-state index contributed by atoms with van der Waals surface area (Å²) in [5.74, 6) is 0. The smallest absolute Gasteiger partial charge is 0.150 e. The molecule has 0 bridgehead atoms.